The first kappa shape index (κ1) is 23.1. The van der Waals surface area contributed by atoms with Crippen molar-refractivity contribution in [3.8, 4) is 22.6 Å². The van der Waals surface area contributed by atoms with E-state index in [0.29, 0.717) is 22.6 Å². The van der Waals surface area contributed by atoms with Gasteiger partial charge in [-0.1, -0.05) is 60.7 Å². The van der Waals surface area contributed by atoms with E-state index in [1.54, 1.807) is 12.1 Å². The first-order valence-corrected chi connectivity index (χ1v) is 11.0. The van der Waals surface area contributed by atoms with Gasteiger partial charge in [-0.05, 0) is 58.1 Å². The van der Waals surface area contributed by atoms with Crippen LogP contribution in [0.5, 0.6) is 11.5 Å². The molecule has 0 aliphatic rings. The molecule has 6 nitrogen and oxygen atoms in total. The number of fused-ring (bicyclic) bond motifs is 2. The van der Waals surface area contributed by atoms with Gasteiger partial charge in [-0.15, -0.1) is 0 Å². The van der Waals surface area contributed by atoms with Crippen molar-refractivity contribution in [2.75, 3.05) is 13.1 Å². The predicted molar refractivity (Wildman–Crippen MR) is 138 cm³/mol. The normalized spacial score (nSPS) is 10.2. The van der Waals surface area contributed by atoms with Gasteiger partial charge in [0.2, 0.25) is 0 Å². The number of esters is 2. The van der Waals surface area contributed by atoms with Gasteiger partial charge < -0.3 is 9.47 Å². The molecular formula is C26H16N2O4S2. The Kier molecular flexibility index (Phi) is 7.28. The lowest BCUT2D eigenvalue weighted by atomic mass is 9.92. The molecule has 0 fully saturated rings. The largest absolute Gasteiger partial charge is 0.424 e. The molecule has 166 valence electrons. The van der Waals surface area contributed by atoms with E-state index in [1.807, 2.05) is 60.7 Å². The molecule has 0 aliphatic carbocycles. The van der Waals surface area contributed by atoms with Crippen LogP contribution < -0.4 is 9.47 Å². The smallest absolute Gasteiger partial charge is 0.333 e. The number of hydrogen-bond donors (Lipinski definition) is 0. The number of benzene rings is 4. The van der Waals surface area contributed by atoms with E-state index in [2.05, 4.69) is 44.7 Å². The molecule has 0 radical (unpaired) electrons. The van der Waals surface area contributed by atoms with Gasteiger partial charge in [0.25, 0.3) is 0 Å². The molecule has 4 aromatic rings. The Balaban J connectivity index is 2.00. The Morgan fingerprint density at radius 3 is 1.47 bits per heavy atom. The zero-order valence-corrected chi connectivity index (χ0v) is 19.3. The van der Waals surface area contributed by atoms with Gasteiger partial charge in [-0.2, -0.15) is 0 Å². The van der Waals surface area contributed by atoms with Crippen molar-refractivity contribution in [3.05, 3.63) is 72.8 Å². The standard InChI is InChI=1S/C26H16N2O4S2/c29-23(13-27-15-33)31-21-11-9-17-5-1-3-7-19(17)25(21)26-20-8-4-2-6-18(20)10-12-22(26)32-24(30)14-28-16-34/h1-12H,13-14H2. The quantitative estimate of drug-likeness (QED) is 0.145. The Morgan fingerprint density at radius 1 is 0.647 bits per heavy atom. The van der Waals surface area contributed by atoms with E-state index in [9.17, 15) is 9.59 Å². The predicted octanol–water partition coefficient (Wildman–Crippen LogP) is 5.68. The summed E-state index contributed by atoms with van der Waals surface area (Å²) >= 11 is 9.10. The zero-order chi connectivity index (χ0) is 23.9. The maximum atomic E-state index is 12.4. The minimum absolute atomic E-state index is 0.261. The third-order valence-electron chi connectivity index (χ3n) is 5.02. The molecule has 0 saturated carbocycles. The summed E-state index contributed by atoms with van der Waals surface area (Å²) in [6.07, 6.45) is 0. The molecule has 0 spiro atoms. The highest BCUT2D eigenvalue weighted by atomic mass is 32.1. The van der Waals surface area contributed by atoms with Crippen molar-refractivity contribution >= 4 is 68.2 Å². The van der Waals surface area contributed by atoms with Crippen molar-refractivity contribution in [1.29, 1.82) is 0 Å². The first-order chi connectivity index (χ1) is 16.6. The Morgan fingerprint density at radius 2 is 1.06 bits per heavy atom. The summed E-state index contributed by atoms with van der Waals surface area (Å²) in [6, 6.07) is 22.5. The minimum atomic E-state index is -0.594. The molecule has 4 rings (SSSR count). The number of aliphatic imine (C=N–C) groups is 2. The molecule has 0 bridgehead atoms. The third-order valence-corrected chi connectivity index (χ3v) is 5.28. The lowest BCUT2D eigenvalue weighted by Crippen LogP contribution is -2.13. The van der Waals surface area contributed by atoms with Crippen LogP contribution in [0.15, 0.2) is 82.8 Å². The number of carbonyl (C=O) groups is 2. The number of nitrogens with zero attached hydrogens (tertiary/aromatic N) is 2. The molecule has 34 heavy (non-hydrogen) atoms. The Labute approximate surface area is 205 Å². The van der Waals surface area contributed by atoms with E-state index in [1.165, 1.54) is 0 Å². The highest BCUT2D eigenvalue weighted by molar-refractivity contribution is 7.78. The van der Waals surface area contributed by atoms with Crippen LogP contribution in [0.3, 0.4) is 0 Å². The SMILES string of the molecule is O=C(CN=C=S)Oc1ccc2ccccc2c1-c1c(OC(=O)CN=C=S)ccc2ccccc12. The van der Waals surface area contributed by atoms with Gasteiger partial charge in [-0.3, -0.25) is 0 Å². The van der Waals surface area contributed by atoms with Crippen LogP contribution in [0, 0.1) is 0 Å². The average molecular weight is 485 g/mol. The van der Waals surface area contributed by atoms with E-state index in [0.717, 1.165) is 21.5 Å². The monoisotopic (exact) mass is 484 g/mol. The van der Waals surface area contributed by atoms with Crippen molar-refractivity contribution < 1.29 is 19.1 Å². The fourth-order valence-electron chi connectivity index (χ4n) is 3.69. The molecule has 0 aliphatic heterocycles. The number of hydrogen-bond acceptors (Lipinski definition) is 8. The molecule has 8 heteroatoms. The third kappa shape index (κ3) is 4.96. The summed E-state index contributed by atoms with van der Waals surface area (Å²) < 4.78 is 11.4. The van der Waals surface area contributed by atoms with E-state index >= 15 is 0 Å². The summed E-state index contributed by atoms with van der Waals surface area (Å²) in [4.78, 5) is 32.2. The van der Waals surface area contributed by atoms with Crippen LogP contribution in [0.1, 0.15) is 0 Å². The first-order valence-electron chi connectivity index (χ1n) is 10.1. The van der Waals surface area contributed by atoms with Gasteiger partial charge in [0.1, 0.15) is 24.6 Å². The van der Waals surface area contributed by atoms with Crippen LogP contribution in [-0.2, 0) is 9.59 Å². The fourth-order valence-corrected chi connectivity index (χ4v) is 3.82. The summed E-state index contributed by atoms with van der Waals surface area (Å²) in [5.41, 5.74) is 1.21. The Hall–Kier alpha value is -4.06. The molecule has 0 saturated heterocycles. The second-order valence-electron chi connectivity index (χ2n) is 7.08. The van der Waals surface area contributed by atoms with Gasteiger partial charge in [-0.25, -0.2) is 19.6 Å². The van der Waals surface area contributed by atoms with Crippen LogP contribution in [-0.4, -0.2) is 35.4 Å². The van der Waals surface area contributed by atoms with E-state index in [4.69, 9.17) is 9.47 Å². The maximum Gasteiger partial charge on any atom is 0.333 e. The molecule has 0 heterocycles. The summed E-state index contributed by atoms with van der Waals surface area (Å²) in [7, 11) is 0. The minimum Gasteiger partial charge on any atom is -0.424 e. The number of carbonyl (C=O) groups excluding carboxylic acids is 2. The van der Waals surface area contributed by atoms with Crippen molar-refractivity contribution in [2.45, 2.75) is 0 Å². The Bertz CT molecular complexity index is 1410. The fraction of sp³-hybridized carbons (Fsp3) is 0.0769. The molecular weight excluding hydrogens is 468 g/mol. The van der Waals surface area contributed by atoms with E-state index in [-0.39, 0.29) is 13.1 Å². The molecule has 0 unspecified atom stereocenters. The molecule has 0 atom stereocenters. The van der Waals surface area contributed by atoms with Crippen molar-refractivity contribution in [3.63, 3.8) is 0 Å². The zero-order valence-electron chi connectivity index (χ0n) is 17.7. The molecule has 0 aromatic heterocycles. The summed E-state index contributed by atoms with van der Waals surface area (Å²) in [6.45, 7) is -0.522. The number of rotatable bonds is 7. The highest BCUT2D eigenvalue weighted by Crippen LogP contribution is 2.45. The van der Waals surface area contributed by atoms with Gasteiger partial charge in [0.05, 0.1) is 10.3 Å². The lowest BCUT2D eigenvalue weighted by Gasteiger charge is -2.18. The van der Waals surface area contributed by atoms with Gasteiger partial charge in [0, 0.05) is 11.1 Å². The molecule has 0 N–H and O–H groups in total. The second kappa shape index (κ2) is 10.7. The van der Waals surface area contributed by atoms with Gasteiger partial charge in [0.15, 0.2) is 0 Å². The average Bonchev–Trinajstić information content (AvgIpc) is 2.86. The number of isothiocyanates is 2. The number of ether oxygens (including phenoxy) is 2. The summed E-state index contributed by atoms with van der Waals surface area (Å²) in [5, 5.41) is 7.80. The topological polar surface area (TPSA) is 77.3 Å². The van der Waals surface area contributed by atoms with E-state index < -0.39 is 11.9 Å². The van der Waals surface area contributed by atoms with Crippen LogP contribution in [0.2, 0.25) is 0 Å². The maximum absolute atomic E-state index is 12.4. The van der Waals surface area contributed by atoms with Crippen LogP contribution >= 0.6 is 24.4 Å². The van der Waals surface area contributed by atoms with Gasteiger partial charge >= 0.3 is 11.9 Å². The summed E-state index contributed by atoms with van der Waals surface area (Å²) in [5.74, 6) is -0.589. The van der Waals surface area contributed by atoms with Crippen molar-refractivity contribution in [1.82, 2.24) is 0 Å². The number of thiocarbonyl (C=S) groups is 2. The van der Waals surface area contributed by atoms with Crippen LogP contribution in [0.25, 0.3) is 32.7 Å². The highest BCUT2D eigenvalue weighted by Gasteiger charge is 2.21. The van der Waals surface area contributed by atoms with Crippen molar-refractivity contribution in [2.24, 2.45) is 9.98 Å². The van der Waals surface area contributed by atoms with Crippen LogP contribution in [0.4, 0.5) is 0 Å². The molecule has 0 amide bonds. The second-order valence-corrected chi connectivity index (χ2v) is 7.45. The molecule has 4 aromatic carbocycles. The lowest BCUT2D eigenvalue weighted by molar-refractivity contribution is -0.133.